The number of nitrogens with one attached hydrogen (secondary N) is 1. The molecular weight excluding hydrogens is 333 g/mol. The molecule has 2 amide bonds. The maximum atomic E-state index is 14.1. The van der Waals surface area contributed by atoms with E-state index in [0.29, 0.717) is 28.7 Å². The maximum absolute atomic E-state index is 14.1. The zero-order valence-electron chi connectivity index (χ0n) is 13.1. The van der Waals surface area contributed by atoms with Gasteiger partial charge in [0, 0.05) is 26.1 Å². The first kappa shape index (κ1) is 15.3. The Hall–Kier alpha value is -2.29. The molecule has 4 rings (SSSR count). The Morgan fingerprint density at radius 1 is 1.42 bits per heavy atom. The third-order valence-electron chi connectivity index (χ3n) is 4.28. The second-order valence-electron chi connectivity index (χ2n) is 6.13. The molecule has 1 aliphatic heterocycles. The topological polar surface area (TPSA) is 78.4 Å². The monoisotopic (exact) mass is 349 g/mol. The first-order chi connectivity index (χ1) is 11.5. The minimum Gasteiger partial charge on any atom is -0.342 e. The number of anilines is 2. The van der Waals surface area contributed by atoms with E-state index in [1.54, 1.807) is 11.9 Å². The van der Waals surface area contributed by atoms with Gasteiger partial charge in [-0.2, -0.15) is 0 Å². The van der Waals surface area contributed by atoms with Crippen molar-refractivity contribution in [3.05, 3.63) is 12.0 Å². The Kier molecular flexibility index (Phi) is 3.60. The molecule has 1 saturated heterocycles. The molecule has 2 aliphatic rings. The molecule has 0 unspecified atom stereocenters. The van der Waals surface area contributed by atoms with E-state index in [0.717, 1.165) is 19.0 Å². The largest absolute Gasteiger partial charge is 0.342 e. The van der Waals surface area contributed by atoms with Crippen molar-refractivity contribution in [2.45, 2.75) is 12.8 Å². The van der Waals surface area contributed by atoms with E-state index < -0.39 is 5.82 Å². The van der Waals surface area contributed by atoms with Gasteiger partial charge in [0.05, 0.1) is 12.7 Å². The van der Waals surface area contributed by atoms with Crippen LogP contribution in [-0.2, 0) is 9.59 Å². The lowest BCUT2D eigenvalue weighted by atomic mass is 10.3. The number of pyridine rings is 1. The van der Waals surface area contributed by atoms with E-state index in [4.69, 9.17) is 0 Å². The predicted octanol–water partition coefficient (Wildman–Crippen LogP) is 1.46. The summed E-state index contributed by atoms with van der Waals surface area (Å²) in [7, 11) is 1.76. The molecule has 2 aromatic rings. The fraction of sp³-hybridized carbons (Fsp3) is 0.467. The highest BCUT2D eigenvalue weighted by Gasteiger charge is 2.31. The minimum atomic E-state index is -0.530. The fourth-order valence-electron chi connectivity index (χ4n) is 2.58. The highest BCUT2D eigenvalue weighted by Crippen LogP contribution is 2.36. The number of hydrogen-bond donors (Lipinski definition) is 1. The quantitative estimate of drug-likeness (QED) is 0.908. The van der Waals surface area contributed by atoms with Crippen molar-refractivity contribution in [1.29, 1.82) is 0 Å². The van der Waals surface area contributed by atoms with Crippen molar-refractivity contribution in [3.8, 4) is 0 Å². The summed E-state index contributed by atoms with van der Waals surface area (Å²) < 4.78 is 14.6. The number of nitrogens with zero attached hydrogens (tertiary/aromatic N) is 4. The Morgan fingerprint density at radius 2 is 2.21 bits per heavy atom. The smallest absolute Gasteiger partial charge is 0.241 e. The number of fused-ring (bicyclic) bond motifs is 1. The summed E-state index contributed by atoms with van der Waals surface area (Å²) in [6.45, 7) is 1.46. The normalized spacial score (nSPS) is 18.3. The number of halogens is 1. The fourth-order valence-corrected chi connectivity index (χ4v) is 3.63. The van der Waals surface area contributed by atoms with Crippen LogP contribution in [0.15, 0.2) is 6.20 Å². The zero-order valence-corrected chi connectivity index (χ0v) is 13.9. The van der Waals surface area contributed by atoms with Crippen LogP contribution in [0.2, 0.25) is 0 Å². The molecule has 0 radical (unpaired) electrons. The van der Waals surface area contributed by atoms with E-state index in [2.05, 4.69) is 15.3 Å². The van der Waals surface area contributed by atoms with Gasteiger partial charge in [-0.3, -0.25) is 9.59 Å². The molecule has 24 heavy (non-hydrogen) atoms. The van der Waals surface area contributed by atoms with Gasteiger partial charge in [0.1, 0.15) is 10.2 Å². The molecule has 126 valence electrons. The first-order valence-electron chi connectivity index (χ1n) is 7.78. The molecular formula is C15H16FN5O2S. The van der Waals surface area contributed by atoms with Crippen LogP contribution in [0, 0.1) is 11.7 Å². The lowest BCUT2D eigenvalue weighted by Gasteiger charge is -2.31. The third-order valence-corrected chi connectivity index (χ3v) is 5.40. The van der Waals surface area contributed by atoms with Crippen LogP contribution in [0.3, 0.4) is 0 Å². The van der Waals surface area contributed by atoms with Crippen LogP contribution in [0.25, 0.3) is 10.2 Å². The van der Waals surface area contributed by atoms with Gasteiger partial charge < -0.3 is 15.1 Å². The standard InChI is InChI=1S/C15H16FN5O2S/c1-20-4-5-21(7-10(20)22)15-18-11-9(16)6-17-13(12(11)24-15)19-14(23)8-2-3-8/h6,8H,2-5,7H2,1H3,(H,17,19,23). The molecule has 7 nitrogen and oxygen atoms in total. The SMILES string of the molecule is CN1CCN(c2nc3c(F)cnc(NC(=O)C4CC4)c3s2)CC1=O. The van der Waals surface area contributed by atoms with Crippen molar-refractivity contribution in [2.75, 3.05) is 36.9 Å². The van der Waals surface area contributed by atoms with E-state index in [9.17, 15) is 14.0 Å². The summed E-state index contributed by atoms with van der Waals surface area (Å²) >= 11 is 1.25. The van der Waals surface area contributed by atoms with Gasteiger partial charge in [-0.1, -0.05) is 11.3 Å². The zero-order chi connectivity index (χ0) is 16.8. The van der Waals surface area contributed by atoms with E-state index in [-0.39, 0.29) is 29.8 Å². The second kappa shape index (κ2) is 5.66. The lowest BCUT2D eigenvalue weighted by molar-refractivity contribution is -0.129. The molecule has 0 atom stereocenters. The molecule has 2 fully saturated rings. The molecule has 1 N–H and O–H groups in total. The first-order valence-corrected chi connectivity index (χ1v) is 8.59. The average molecular weight is 349 g/mol. The van der Waals surface area contributed by atoms with Crippen molar-refractivity contribution in [2.24, 2.45) is 5.92 Å². The van der Waals surface area contributed by atoms with Crippen LogP contribution in [-0.4, -0.2) is 53.4 Å². The van der Waals surface area contributed by atoms with Gasteiger partial charge in [-0.15, -0.1) is 0 Å². The Morgan fingerprint density at radius 3 is 2.92 bits per heavy atom. The molecule has 2 aromatic heterocycles. The molecule has 0 spiro atoms. The summed E-state index contributed by atoms with van der Waals surface area (Å²) in [5, 5.41) is 3.34. The highest BCUT2D eigenvalue weighted by atomic mass is 32.1. The van der Waals surface area contributed by atoms with Gasteiger partial charge in [-0.05, 0) is 12.8 Å². The van der Waals surface area contributed by atoms with Crippen LogP contribution in [0.5, 0.6) is 0 Å². The van der Waals surface area contributed by atoms with Gasteiger partial charge in [0.25, 0.3) is 0 Å². The van der Waals surface area contributed by atoms with Crippen LogP contribution < -0.4 is 10.2 Å². The number of aromatic nitrogens is 2. The van der Waals surface area contributed by atoms with Crippen molar-refractivity contribution in [1.82, 2.24) is 14.9 Å². The summed E-state index contributed by atoms with van der Waals surface area (Å²) in [6.07, 6.45) is 2.84. The third kappa shape index (κ3) is 2.68. The van der Waals surface area contributed by atoms with E-state index >= 15 is 0 Å². The van der Waals surface area contributed by atoms with Crippen molar-refractivity contribution < 1.29 is 14.0 Å². The number of carbonyl (C=O) groups excluding carboxylic acids is 2. The number of hydrogen-bond acceptors (Lipinski definition) is 6. The lowest BCUT2D eigenvalue weighted by Crippen LogP contribution is -2.48. The van der Waals surface area contributed by atoms with Gasteiger partial charge in [-0.25, -0.2) is 14.4 Å². The maximum Gasteiger partial charge on any atom is 0.241 e. The number of carbonyl (C=O) groups is 2. The van der Waals surface area contributed by atoms with Crippen LogP contribution >= 0.6 is 11.3 Å². The Balaban J connectivity index is 1.67. The number of likely N-dealkylation sites (N-methyl/N-ethyl adjacent to an activating group) is 1. The number of thiazole rings is 1. The van der Waals surface area contributed by atoms with E-state index in [1.807, 2.05) is 4.90 Å². The Bertz CT molecular complexity index is 835. The summed E-state index contributed by atoms with van der Waals surface area (Å²) in [5.74, 6) is -0.235. The van der Waals surface area contributed by atoms with E-state index in [1.165, 1.54) is 11.3 Å². The number of piperazine rings is 1. The van der Waals surface area contributed by atoms with Crippen molar-refractivity contribution in [3.63, 3.8) is 0 Å². The predicted molar refractivity (Wildman–Crippen MR) is 88.6 cm³/mol. The van der Waals surface area contributed by atoms with Crippen LogP contribution in [0.4, 0.5) is 15.3 Å². The molecule has 0 bridgehead atoms. The summed E-state index contributed by atoms with van der Waals surface area (Å²) in [5.41, 5.74) is 0.183. The van der Waals surface area contributed by atoms with Crippen molar-refractivity contribution >= 4 is 44.3 Å². The Labute approximate surface area is 141 Å². The van der Waals surface area contributed by atoms with Gasteiger partial charge in [0.15, 0.2) is 16.8 Å². The highest BCUT2D eigenvalue weighted by molar-refractivity contribution is 7.22. The number of amides is 2. The summed E-state index contributed by atoms with van der Waals surface area (Å²) in [6, 6.07) is 0. The molecule has 0 aromatic carbocycles. The molecule has 1 saturated carbocycles. The molecule has 9 heteroatoms. The molecule has 1 aliphatic carbocycles. The minimum absolute atomic E-state index is 0.00126. The van der Waals surface area contributed by atoms with Gasteiger partial charge >= 0.3 is 0 Å². The number of rotatable bonds is 3. The molecule has 3 heterocycles. The summed E-state index contributed by atoms with van der Waals surface area (Å²) in [4.78, 5) is 35.7. The second-order valence-corrected chi connectivity index (χ2v) is 7.11. The van der Waals surface area contributed by atoms with Gasteiger partial charge in [0.2, 0.25) is 11.8 Å². The average Bonchev–Trinajstić information content (AvgIpc) is 3.31. The van der Waals surface area contributed by atoms with Crippen LogP contribution in [0.1, 0.15) is 12.8 Å².